The SMILES string of the molecule is Cn1ncc2cc(-c3ccc(O)c(N4CC(=O)NS4=O)c3F)ccc21. The molecule has 1 aliphatic rings. The summed E-state index contributed by atoms with van der Waals surface area (Å²) >= 11 is -1.93. The van der Waals surface area contributed by atoms with E-state index in [1.807, 2.05) is 13.1 Å². The average Bonchev–Trinajstić information content (AvgIpc) is 3.10. The van der Waals surface area contributed by atoms with E-state index in [0.29, 0.717) is 5.56 Å². The molecule has 9 heteroatoms. The summed E-state index contributed by atoms with van der Waals surface area (Å²) in [5.41, 5.74) is 1.46. The van der Waals surface area contributed by atoms with Crippen molar-refractivity contribution in [3.05, 3.63) is 42.3 Å². The van der Waals surface area contributed by atoms with Crippen LogP contribution in [-0.4, -0.2) is 31.5 Å². The number of benzene rings is 2. The van der Waals surface area contributed by atoms with Crippen molar-refractivity contribution in [2.75, 3.05) is 10.8 Å². The summed E-state index contributed by atoms with van der Waals surface area (Å²) in [7, 11) is 1.81. The maximum atomic E-state index is 15.1. The Hall–Kier alpha value is -2.94. The van der Waals surface area contributed by atoms with Gasteiger partial charge in [-0.05, 0) is 29.8 Å². The fraction of sp³-hybridized carbons (Fsp3) is 0.125. The number of aromatic hydroxyl groups is 1. The van der Waals surface area contributed by atoms with Gasteiger partial charge in [-0.3, -0.25) is 18.5 Å². The molecule has 1 aromatic heterocycles. The van der Waals surface area contributed by atoms with E-state index in [0.717, 1.165) is 15.2 Å². The fourth-order valence-corrected chi connectivity index (χ4v) is 3.83. The number of phenolic OH excluding ortho intramolecular Hbond substituents is 1. The van der Waals surface area contributed by atoms with Crippen LogP contribution in [0, 0.1) is 5.82 Å². The molecule has 0 aliphatic carbocycles. The maximum absolute atomic E-state index is 15.1. The highest BCUT2D eigenvalue weighted by Gasteiger charge is 2.32. The number of anilines is 1. The van der Waals surface area contributed by atoms with Crippen LogP contribution in [0.2, 0.25) is 0 Å². The molecule has 1 aliphatic heterocycles. The number of halogens is 1. The van der Waals surface area contributed by atoms with Gasteiger partial charge >= 0.3 is 0 Å². The Kier molecular flexibility index (Phi) is 3.46. The van der Waals surface area contributed by atoms with Gasteiger partial charge in [0, 0.05) is 18.0 Å². The summed E-state index contributed by atoms with van der Waals surface area (Å²) in [4.78, 5) is 11.4. The quantitative estimate of drug-likeness (QED) is 0.727. The summed E-state index contributed by atoms with van der Waals surface area (Å²) in [5, 5.41) is 15.0. The van der Waals surface area contributed by atoms with Crippen LogP contribution < -0.4 is 9.03 Å². The van der Waals surface area contributed by atoms with Gasteiger partial charge in [-0.25, -0.2) is 8.60 Å². The predicted molar refractivity (Wildman–Crippen MR) is 91.4 cm³/mol. The van der Waals surface area contributed by atoms with E-state index in [9.17, 15) is 14.1 Å². The predicted octanol–water partition coefficient (Wildman–Crippen LogP) is 1.60. The van der Waals surface area contributed by atoms with Crippen molar-refractivity contribution in [2.45, 2.75) is 0 Å². The Morgan fingerprint density at radius 2 is 2.12 bits per heavy atom. The number of nitrogens with zero attached hydrogens (tertiary/aromatic N) is 3. The topological polar surface area (TPSA) is 87.5 Å². The number of nitrogens with one attached hydrogen (secondary N) is 1. The molecule has 0 spiro atoms. The number of carbonyl (C=O) groups is 1. The van der Waals surface area contributed by atoms with Crippen molar-refractivity contribution in [3.8, 4) is 16.9 Å². The average molecular weight is 360 g/mol. The zero-order valence-electron chi connectivity index (χ0n) is 13.1. The van der Waals surface area contributed by atoms with E-state index in [4.69, 9.17) is 0 Å². The van der Waals surface area contributed by atoms with Gasteiger partial charge in [0.2, 0.25) is 11.2 Å². The molecule has 0 radical (unpaired) electrons. The molecule has 2 N–H and O–H groups in total. The minimum absolute atomic E-state index is 0.231. The third kappa shape index (κ3) is 2.43. The fourth-order valence-electron chi connectivity index (χ4n) is 2.88. The summed E-state index contributed by atoms with van der Waals surface area (Å²) in [5.74, 6) is -1.62. The lowest BCUT2D eigenvalue weighted by Gasteiger charge is -2.18. The van der Waals surface area contributed by atoms with Crippen LogP contribution >= 0.6 is 0 Å². The van der Waals surface area contributed by atoms with E-state index in [1.165, 1.54) is 12.1 Å². The van der Waals surface area contributed by atoms with Gasteiger partial charge in [-0.15, -0.1) is 0 Å². The van der Waals surface area contributed by atoms with E-state index in [1.54, 1.807) is 23.0 Å². The lowest BCUT2D eigenvalue weighted by molar-refractivity contribution is -0.117. The summed E-state index contributed by atoms with van der Waals surface area (Å²) in [6, 6.07) is 8.11. The number of phenols is 1. The third-order valence-electron chi connectivity index (χ3n) is 4.09. The number of rotatable bonds is 2. The highest BCUT2D eigenvalue weighted by molar-refractivity contribution is 7.85. The summed E-state index contributed by atoms with van der Waals surface area (Å²) < 4.78 is 31.9. The molecule has 2 aromatic carbocycles. The number of aryl methyl sites for hydroxylation is 1. The number of carbonyl (C=O) groups excluding carboxylic acids is 1. The monoisotopic (exact) mass is 360 g/mol. The first kappa shape index (κ1) is 15.6. The van der Waals surface area contributed by atoms with E-state index in [-0.39, 0.29) is 23.5 Å². The standard InChI is InChI=1S/C16H13FN4O3S/c1-20-12-4-2-9(6-10(12)7-18-20)11-3-5-13(22)16(15(11)17)21-8-14(23)19-25(21)24/h2-7,22H,8H2,1H3,(H,19,23). The van der Waals surface area contributed by atoms with Crippen LogP contribution in [0.3, 0.4) is 0 Å². The molecule has 1 atom stereocenters. The number of amides is 1. The molecule has 0 bridgehead atoms. The molecule has 1 amide bonds. The van der Waals surface area contributed by atoms with Gasteiger partial charge in [0.15, 0.2) is 5.82 Å². The van der Waals surface area contributed by atoms with Gasteiger partial charge in [0.1, 0.15) is 18.0 Å². The molecule has 1 saturated heterocycles. The van der Waals surface area contributed by atoms with Crippen molar-refractivity contribution >= 4 is 33.7 Å². The lowest BCUT2D eigenvalue weighted by Crippen LogP contribution is -2.23. The highest BCUT2D eigenvalue weighted by Crippen LogP contribution is 2.38. The van der Waals surface area contributed by atoms with Crippen LogP contribution in [-0.2, 0) is 23.0 Å². The normalized spacial score (nSPS) is 17.3. The zero-order valence-corrected chi connectivity index (χ0v) is 13.9. The van der Waals surface area contributed by atoms with E-state index < -0.39 is 22.9 Å². The summed E-state index contributed by atoms with van der Waals surface area (Å²) in [6.07, 6.45) is 1.68. The molecular weight excluding hydrogens is 347 g/mol. The van der Waals surface area contributed by atoms with Gasteiger partial charge in [-0.2, -0.15) is 5.10 Å². The lowest BCUT2D eigenvalue weighted by atomic mass is 10.0. The van der Waals surface area contributed by atoms with Gasteiger partial charge < -0.3 is 5.11 Å². The van der Waals surface area contributed by atoms with Crippen molar-refractivity contribution in [1.29, 1.82) is 0 Å². The molecule has 4 rings (SSSR count). The molecule has 3 aromatic rings. The second-order valence-electron chi connectivity index (χ2n) is 5.65. The second-order valence-corrected chi connectivity index (χ2v) is 6.79. The Bertz CT molecular complexity index is 1050. The first-order chi connectivity index (χ1) is 12.0. The number of aromatic nitrogens is 2. The molecule has 7 nitrogen and oxygen atoms in total. The van der Waals surface area contributed by atoms with Gasteiger partial charge in [0.05, 0.1) is 11.7 Å². The number of hydrogen-bond donors (Lipinski definition) is 2. The second kappa shape index (κ2) is 5.55. The van der Waals surface area contributed by atoms with Gasteiger partial charge in [-0.1, -0.05) is 6.07 Å². The van der Waals surface area contributed by atoms with E-state index in [2.05, 4.69) is 9.82 Å². The van der Waals surface area contributed by atoms with Crippen LogP contribution in [0.5, 0.6) is 5.75 Å². The van der Waals surface area contributed by atoms with Crippen molar-refractivity contribution in [1.82, 2.24) is 14.5 Å². The van der Waals surface area contributed by atoms with Crippen LogP contribution in [0.15, 0.2) is 36.5 Å². The van der Waals surface area contributed by atoms with Crippen molar-refractivity contribution in [3.63, 3.8) is 0 Å². The molecule has 1 fully saturated rings. The Morgan fingerprint density at radius 1 is 1.32 bits per heavy atom. The van der Waals surface area contributed by atoms with Crippen LogP contribution in [0.25, 0.3) is 22.0 Å². The first-order valence-corrected chi connectivity index (χ1v) is 8.49. The molecule has 25 heavy (non-hydrogen) atoms. The minimum atomic E-state index is -1.93. The molecule has 2 heterocycles. The summed E-state index contributed by atoms with van der Waals surface area (Å²) in [6.45, 7) is -0.289. The zero-order chi connectivity index (χ0) is 17.7. The largest absolute Gasteiger partial charge is 0.506 e. The highest BCUT2D eigenvalue weighted by atomic mass is 32.2. The Balaban J connectivity index is 1.86. The number of fused-ring (bicyclic) bond motifs is 1. The van der Waals surface area contributed by atoms with Crippen LogP contribution in [0.4, 0.5) is 10.1 Å². The Labute approximate surface area is 144 Å². The molecule has 128 valence electrons. The molecular formula is C16H13FN4O3S. The van der Waals surface area contributed by atoms with E-state index >= 15 is 4.39 Å². The molecule has 1 unspecified atom stereocenters. The van der Waals surface area contributed by atoms with Crippen LogP contribution in [0.1, 0.15) is 0 Å². The minimum Gasteiger partial charge on any atom is -0.506 e. The smallest absolute Gasteiger partial charge is 0.253 e. The third-order valence-corrected chi connectivity index (χ3v) is 5.20. The van der Waals surface area contributed by atoms with Gasteiger partial charge in [0.25, 0.3) is 5.91 Å². The first-order valence-electron chi connectivity index (χ1n) is 7.38. The number of hydrogen-bond acceptors (Lipinski definition) is 4. The molecule has 0 saturated carbocycles. The Morgan fingerprint density at radius 3 is 2.84 bits per heavy atom. The van der Waals surface area contributed by atoms with Crippen molar-refractivity contribution in [2.24, 2.45) is 7.05 Å². The maximum Gasteiger partial charge on any atom is 0.253 e. The van der Waals surface area contributed by atoms with Crippen molar-refractivity contribution < 1.29 is 18.5 Å².